The van der Waals surface area contributed by atoms with Crippen molar-refractivity contribution in [2.24, 2.45) is 0 Å². The molecule has 0 rings (SSSR count). The zero-order valence-corrected chi connectivity index (χ0v) is 13.4. The van der Waals surface area contributed by atoms with Gasteiger partial charge >= 0.3 is 0 Å². The van der Waals surface area contributed by atoms with E-state index >= 15 is 0 Å². The third-order valence-electron chi connectivity index (χ3n) is 2.68. The molecule has 1 atom stereocenters. The molecular formula is C12H27N3O3S. The maximum atomic E-state index is 11.6. The second-order valence-electron chi connectivity index (χ2n) is 4.95. The van der Waals surface area contributed by atoms with E-state index in [0.29, 0.717) is 26.1 Å². The Labute approximate surface area is 117 Å². The zero-order chi connectivity index (χ0) is 15.1. The molecule has 0 aromatic heterocycles. The van der Waals surface area contributed by atoms with Gasteiger partial charge < -0.3 is 10.6 Å². The van der Waals surface area contributed by atoms with E-state index in [1.54, 1.807) is 6.92 Å². The summed E-state index contributed by atoms with van der Waals surface area (Å²) in [6, 6.07) is -0.145. The van der Waals surface area contributed by atoms with Gasteiger partial charge in [-0.05, 0) is 33.7 Å². The minimum absolute atomic E-state index is 0.0366. The smallest absolute Gasteiger partial charge is 0.237 e. The van der Waals surface area contributed by atoms with Gasteiger partial charge in [-0.2, -0.15) is 0 Å². The van der Waals surface area contributed by atoms with Gasteiger partial charge in [-0.15, -0.1) is 0 Å². The van der Waals surface area contributed by atoms with Crippen molar-refractivity contribution in [3.8, 4) is 0 Å². The molecule has 1 amide bonds. The molecule has 1 unspecified atom stereocenters. The Kier molecular flexibility index (Phi) is 8.20. The Morgan fingerprint density at radius 1 is 1.26 bits per heavy atom. The predicted octanol–water partition coefficient (Wildman–Crippen LogP) is 0.161. The van der Waals surface area contributed by atoms with E-state index in [1.165, 1.54) is 10.6 Å². The van der Waals surface area contributed by atoms with Gasteiger partial charge in [0.25, 0.3) is 0 Å². The second-order valence-corrected chi connectivity index (χ2v) is 6.93. The van der Waals surface area contributed by atoms with Crippen LogP contribution in [0.25, 0.3) is 0 Å². The third-order valence-corrected chi connectivity index (χ3v) is 4.06. The normalized spacial score (nSPS) is 13.8. The number of sulfonamides is 1. The van der Waals surface area contributed by atoms with E-state index in [4.69, 9.17) is 0 Å². The summed E-state index contributed by atoms with van der Waals surface area (Å²) in [5.41, 5.74) is 0. The number of hydrogen-bond acceptors (Lipinski definition) is 4. The van der Waals surface area contributed by atoms with Crippen LogP contribution in [0.5, 0.6) is 0 Å². The molecular weight excluding hydrogens is 266 g/mol. The van der Waals surface area contributed by atoms with Crippen molar-refractivity contribution >= 4 is 15.9 Å². The Hall–Kier alpha value is -0.660. The average Bonchev–Trinajstić information content (AvgIpc) is 2.25. The average molecular weight is 293 g/mol. The highest BCUT2D eigenvalue weighted by molar-refractivity contribution is 7.88. The highest BCUT2D eigenvalue weighted by Crippen LogP contribution is 1.98. The van der Waals surface area contributed by atoms with Gasteiger partial charge in [0.1, 0.15) is 0 Å². The van der Waals surface area contributed by atoms with Crippen LogP contribution in [0.15, 0.2) is 0 Å². The maximum Gasteiger partial charge on any atom is 0.237 e. The predicted molar refractivity (Wildman–Crippen MR) is 77.5 cm³/mol. The number of hydrogen-bond donors (Lipinski definition) is 2. The summed E-state index contributed by atoms with van der Waals surface area (Å²) in [4.78, 5) is 11.6. The van der Waals surface area contributed by atoms with Crippen LogP contribution in [-0.4, -0.2) is 56.6 Å². The van der Waals surface area contributed by atoms with Crippen molar-refractivity contribution in [3.63, 3.8) is 0 Å². The fourth-order valence-corrected chi connectivity index (χ4v) is 2.56. The van der Waals surface area contributed by atoms with Gasteiger partial charge in [-0.25, -0.2) is 12.7 Å². The van der Waals surface area contributed by atoms with E-state index in [9.17, 15) is 13.2 Å². The number of carbonyl (C=O) groups excluding carboxylic acids is 1. The molecule has 19 heavy (non-hydrogen) atoms. The standard InChI is InChI=1S/C12H27N3O3S/c1-6-15(19(5,17)18)9-7-8-13-11(4)12(16)14-10(2)3/h10-11,13H,6-9H2,1-5H3,(H,14,16). The molecule has 0 aliphatic rings. The second kappa shape index (κ2) is 8.50. The minimum atomic E-state index is -3.12. The van der Waals surface area contributed by atoms with E-state index in [2.05, 4.69) is 10.6 Å². The summed E-state index contributed by atoms with van der Waals surface area (Å²) in [6.45, 7) is 8.99. The number of nitrogens with one attached hydrogen (secondary N) is 2. The quantitative estimate of drug-likeness (QED) is 0.594. The Balaban J connectivity index is 3.94. The molecule has 0 fully saturated rings. The highest BCUT2D eigenvalue weighted by Gasteiger charge is 2.15. The van der Waals surface area contributed by atoms with Crippen LogP contribution < -0.4 is 10.6 Å². The largest absolute Gasteiger partial charge is 0.353 e. The van der Waals surface area contributed by atoms with Crippen molar-refractivity contribution in [2.45, 2.75) is 46.2 Å². The van der Waals surface area contributed by atoms with Crippen LogP contribution in [0.3, 0.4) is 0 Å². The maximum absolute atomic E-state index is 11.6. The molecule has 0 radical (unpaired) electrons. The summed E-state index contributed by atoms with van der Waals surface area (Å²) in [5, 5.41) is 5.90. The van der Waals surface area contributed by atoms with E-state index in [0.717, 1.165) is 0 Å². The lowest BCUT2D eigenvalue weighted by atomic mass is 10.2. The molecule has 7 heteroatoms. The molecule has 114 valence electrons. The molecule has 0 saturated heterocycles. The number of carbonyl (C=O) groups is 1. The van der Waals surface area contributed by atoms with Crippen LogP contribution in [0.4, 0.5) is 0 Å². The van der Waals surface area contributed by atoms with Gasteiger partial charge in [0.05, 0.1) is 12.3 Å². The van der Waals surface area contributed by atoms with Crippen molar-refractivity contribution < 1.29 is 13.2 Å². The topological polar surface area (TPSA) is 78.5 Å². The van der Waals surface area contributed by atoms with Crippen LogP contribution in [0.2, 0.25) is 0 Å². The van der Waals surface area contributed by atoms with Crippen LogP contribution >= 0.6 is 0 Å². The third kappa shape index (κ3) is 8.18. The first-order valence-corrected chi connectivity index (χ1v) is 8.52. The van der Waals surface area contributed by atoms with Gasteiger partial charge in [0, 0.05) is 19.1 Å². The first kappa shape index (κ1) is 18.3. The molecule has 0 saturated carbocycles. The molecule has 0 aromatic carbocycles. The van der Waals surface area contributed by atoms with Gasteiger partial charge in [-0.3, -0.25) is 4.79 Å². The molecule has 2 N–H and O–H groups in total. The van der Waals surface area contributed by atoms with Crippen LogP contribution in [0.1, 0.15) is 34.1 Å². The van der Waals surface area contributed by atoms with Crippen molar-refractivity contribution in [1.82, 2.24) is 14.9 Å². The highest BCUT2D eigenvalue weighted by atomic mass is 32.2. The van der Waals surface area contributed by atoms with Gasteiger partial charge in [-0.1, -0.05) is 6.92 Å². The van der Waals surface area contributed by atoms with Crippen molar-refractivity contribution in [2.75, 3.05) is 25.9 Å². The summed E-state index contributed by atoms with van der Waals surface area (Å²) < 4.78 is 24.1. The fourth-order valence-electron chi connectivity index (χ4n) is 1.63. The summed E-state index contributed by atoms with van der Waals surface area (Å²) in [7, 11) is -3.12. The number of nitrogens with zero attached hydrogens (tertiary/aromatic N) is 1. The molecule has 0 bridgehead atoms. The van der Waals surface area contributed by atoms with Crippen LogP contribution in [-0.2, 0) is 14.8 Å². The van der Waals surface area contributed by atoms with Crippen molar-refractivity contribution in [3.05, 3.63) is 0 Å². The molecule has 0 spiro atoms. The lowest BCUT2D eigenvalue weighted by molar-refractivity contribution is -0.123. The Morgan fingerprint density at radius 3 is 2.26 bits per heavy atom. The summed E-state index contributed by atoms with van der Waals surface area (Å²) in [6.07, 6.45) is 1.89. The van der Waals surface area contributed by atoms with Crippen molar-refractivity contribution in [1.29, 1.82) is 0 Å². The first-order chi connectivity index (χ1) is 8.68. The van der Waals surface area contributed by atoms with Crippen LogP contribution in [0, 0.1) is 0 Å². The minimum Gasteiger partial charge on any atom is -0.353 e. The zero-order valence-electron chi connectivity index (χ0n) is 12.6. The van der Waals surface area contributed by atoms with Gasteiger partial charge in [0.2, 0.25) is 15.9 Å². The molecule has 0 aliphatic heterocycles. The SMILES string of the molecule is CCN(CCCNC(C)C(=O)NC(C)C)S(C)(=O)=O. The molecule has 0 heterocycles. The van der Waals surface area contributed by atoms with E-state index in [1.807, 2.05) is 20.8 Å². The number of rotatable bonds is 9. The van der Waals surface area contributed by atoms with E-state index < -0.39 is 10.0 Å². The lowest BCUT2D eigenvalue weighted by Crippen LogP contribution is -2.45. The Bertz CT molecular complexity index is 368. The number of amides is 1. The molecule has 0 aliphatic carbocycles. The molecule has 0 aromatic rings. The Morgan fingerprint density at radius 2 is 1.84 bits per heavy atom. The lowest BCUT2D eigenvalue weighted by Gasteiger charge is -2.19. The summed E-state index contributed by atoms with van der Waals surface area (Å²) in [5.74, 6) is -0.0366. The van der Waals surface area contributed by atoms with Gasteiger partial charge in [0.15, 0.2) is 0 Å². The first-order valence-electron chi connectivity index (χ1n) is 6.67. The van der Waals surface area contributed by atoms with E-state index in [-0.39, 0.29) is 18.0 Å². The molecule has 6 nitrogen and oxygen atoms in total. The monoisotopic (exact) mass is 293 g/mol. The fraction of sp³-hybridized carbons (Fsp3) is 0.917. The summed E-state index contributed by atoms with van der Waals surface area (Å²) >= 11 is 0.